The first kappa shape index (κ1) is 13.1. The molecule has 0 aliphatic rings. The molecule has 19 heavy (non-hydrogen) atoms. The zero-order valence-corrected chi connectivity index (χ0v) is 10.3. The minimum Gasteiger partial charge on any atom is -0.321 e. The van der Waals surface area contributed by atoms with E-state index >= 15 is 0 Å². The van der Waals surface area contributed by atoms with Gasteiger partial charge < -0.3 is 5.32 Å². The van der Waals surface area contributed by atoms with Crippen molar-refractivity contribution >= 4 is 21.8 Å². The fourth-order valence-corrected chi connectivity index (χ4v) is 2.02. The van der Waals surface area contributed by atoms with Gasteiger partial charge in [-0.1, -0.05) is 12.1 Å². The van der Waals surface area contributed by atoms with E-state index in [4.69, 9.17) is 0 Å². The lowest BCUT2D eigenvalue weighted by atomic mass is 10.3. The van der Waals surface area contributed by atoms with Crippen molar-refractivity contribution in [2.24, 2.45) is 0 Å². The van der Waals surface area contributed by atoms with Crippen LogP contribution < -0.4 is 5.32 Å². The molecule has 1 aromatic heterocycles. The summed E-state index contributed by atoms with van der Waals surface area (Å²) < 4.78 is 34.9. The Morgan fingerprint density at radius 3 is 2.42 bits per heavy atom. The van der Waals surface area contributed by atoms with E-state index < -0.39 is 21.0 Å². The summed E-state index contributed by atoms with van der Waals surface area (Å²) in [5.74, 6) is -0.628. The molecule has 1 N–H and O–H groups in total. The molecule has 0 aliphatic heterocycles. The van der Waals surface area contributed by atoms with Crippen LogP contribution in [-0.2, 0) is 10.2 Å². The van der Waals surface area contributed by atoms with Gasteiger partial charge in [-0.25, -0.2) is 9.97 Å². The summed E-state index contributed by atoms with van der Waals surface area (Å²) in [4.78, 5) is 18.5. The second-order valence-electron chi connectivity index (χ2n) is 3.52. The molecule has 0 radical (unpaired) electrons. The molecule has 0 unspecified atom stereocenters. The Bertz CT molecular complexity index is 704. The second kappa shape index (κ2) is 5.11. The van der Waals surface area contributed by atoms with Gasteiger partial charge in [0, 0.05) is 12.4 Å². The molecule has 0 atom stereocenters. The molecule has 8 heteroatoms. The number of anilines is 1. The minimum absolute atomic E-state index is 0.133. The number of benzene rings is 1. The van der Waals surface area contributed by atoms with E-state index in [0.29, 0.717) is 0 Å². The molecule has 2 rings (SSSR count). The molecule has 1 heterocycles. The predicted molar refractivity (Wildman–Crippen MR) is 64.7 cm³/mol. The Morgan fingerprint density at radius 2 is 1.79 bits per heavy atom. The molecule has 1 amide bonds. The van der Waals surface area contributed by atoms with Crippen LogP contribution in [0.3, 0.4) is 0 Å². The number of hydrogen-bond donors (Lipinski definition) is 1. The Balaban J connectivity index is 2.33. The third-order valence-electron chi connectivity index (χ3n) is 2.22. The molecule has 0 saturated heterocycles. The van der Waals surface area contributed by atoms with Crippen molar-refractivity contribution in [3.05, 3.63) is 48.5 Å². The second-order valence-corrected chi connectivity index (χ2v) is 4.83. The molecular weight excluding hydrogens is 273 g/mol. The average Bonchev–Trinajstić information content (AvgIpc) is 2.39. The van der Waals surface area contributed by atoms with E-state index in [2.05, 4.69) is 15.3 Å². The third-order valence-corrected chi connectivity index (χ3v) is 3.10. The average molecular weight is 281 g/mol. The molecular formula is C11H8FN3O3S. The molecule has 98 valence electrons. The van der Waals surface area contributed by atoms with Crippen molar-refractivity contribution in [1.82, 2.24) is 9.97 Å². The quantitative estimate of drug-likeness (QED) is 0.859. The van der Waals surface area contributed by atoms with Gasteiger partial charge in [0.05, 0.1) is 11.3 Å². The fourth-order valence-electron chi connectivity index (χ4n) is 1.39. The van der Waals surface area contributed by atoms with Crippen LogP contribution in [0.4, 0.5) is 9.57 Å². The van der Waals surface area contributed by atoms with Crippen molar-refractivity contribution in [3.8, 4) is 0 Å². The summed E-state index contributed by atoms with van der Waals surface area (Å²) in [6, 6.07) is 5.18. The summed E-state index contributed by atoms with van der Waals surface area (Å²) in [6.45, 7) is 0. The molecule has 2 aromatic rings. The van der Waals surface area contributed by atoms with Gasteiger partial charge in [-0.3, -0.25) is 4.79 Å². The van der Waals surface area contributed by atoms with Gasteiger partial charge >= 0.3 is 10.2 Å². The monoisotopic (exact) mass is 281 g/mol. The van der Waals surface area contributed by atoms with Crippen molar-refractivity contribution in [2.45, 2.75) is 4.90 Å². The smallest absolute Gasteiger partial charge is 0.321 e. The van der Waals surface area contributed by atoms with Gasteiger partial charge in [0.25, 0.3) is 5.91 Å². The standard InChI is InChI=1S/C11H8FN3O3S/c12-19(17,18)10-4-2-1-3-9(10)15-11(16)8-5-13-7-14-6-8/h1-7H,(H,15,16). The number of amides is 1. The highest BCUT2D eigenvalue weighted by atomic mass is 32.3. The molecule has 1 aromatic carbocycles. The van der Waals surface area contributed by atoms with Gasteiger partial charge in [0.15, 0.2) is 0 Å². The Labute approximate surface area is 108 Å². The van der Waals surface area contributed by atoms with Crippen LogP contribution >= 0.6 is 0 Å². The third kappa shape index (κ3) is 3.10. The van der Waals surface area contributed by atoms with Gasteiger partial charge in [-0.2, -0.15) is 8.42 Å². The summed E-state index contributed by atoms with van der Waals surface area (Å²) >= 11 is 0. The van der Waals surface area contributed by atoms with Gasteiger partial charge in [-0.05, 0) is 12.1 Å². The zero-order chi connectivity index (χ0) is 13.9. The Morgan fingerprint density at radius 1 is 1.16 bits per heavy atom. The topological polar surface area (TPSA) is 89.0 Å². The van der Waals surface area contributed by atoms with Crippen LogP contribution in [0.2, 0.25) is 0 Å². The number of nitrogens with one attached hydrogen (secondary N) is 1. The number of hydrogen-bond acceptors (Lipinski definition) is 5. The van der Waals surface area contributed by atoms with Crippen LogP contribution in [0.15, 0.2) is 47.9 Å². The van der Waals surface area contributed by atoms with E-state index in [-0.39, 0.29) is 11.3 Å². The van der Waals surface area contributed by atoms with Gasteiger partial charge in [-0.15, -0.1) is 3.89 Å². The molecule has 0 bridgehead atoms. The van der Waals surface area contributed by atoms with Crippen LogP contribution in [0.1, 0.15) is 10.4 Å². The van der Waals surface area contributed by atoms with Crippen molar-refractivity contribution in [3.63, 3.8) is 0 Å². The maximum absolute atomic E-state index is 13.0. The first-order valence-electron chi connectivity index (χ1n) is 5.08. The first-order valence-corrected chi connectivity index (χ1v) is 6.47. The van der Waals surface area contributed by atoms with Crippen LogP contribution in [0.5, 0.6) is 0 Å². The van der Waals surface area contributed by atoms with Crippen molar-refractivity contribution in [2.75, 3.05) is 5.32 Å². The van der Waals surface area contributed by atoms with Crippen molar-refractivity contribution < 1.29 is 17.1 Å². The lowest BCUT2D eigenvalue weighted by Crippen LogP contribution is -2.14. The van der Waals surface area contributed by atoms with E-state index in [1.54, 1.807) is 0 Å². The van der Waals surface area contributed by atoms with Crippen LogP contribution in [0, 0.1) is 0 Å². The summed E-state index contributed by atoms with van der Waals surface area (Å²) in [7, 11) is -4.91. The lowest BCUT2D eigenvalue weighted by molar-refractivity contribution is 0.102. The molecule has 0 aliphatic carbocycles. The molecule has 0 fully saturated rings. The minimum atomic E-state index is -4.91. The SMILES string of the molecule is O=C(Nc1ccccc1S(=O)(=O)F)c1cncnc1. The van der Waals surface area contributed by atoms with E-state index in [1.807, 2.05) is 0 Å². The molecule has 0 saturated carbocycles. The highest BCUT2D eigenvalue weighted by Crippen LogP contribution is 2.22. The van der Waals surface area contributed by atoms with Crippen molar-refractivity contribution in [1.29, 1.82) is 0 Å². The number of halogens is 1. The highest BCUT2D eigenvalue weighted by Gasteiger charge is 2.18. The lowest BCUT2D eigenvalue weighted by Gasteiger charge is -2.07. The number of carbonyl (C=O) groups is 1. The van der Waals surface area contributed by atoms with Gasteiger partial charge in [0.2, 0.25) is 0 Å². The number of rotatable bonds is 3. The summed E-state index contributed by atoms with van der Waals surface area (Å²) in [5.41, 5.74) is -0.00703. The Hall–Kier alpha value is -2.35. The maximum Gasteiger partial charge on any atom is 0.334 e. The summed E-state index contributed by atoms with van der Waals surface area (Å²) in [5, 5.41) is 2.30. The summed E-state index contributed by atoms with van der Waals surface area (Å²) in [6.07, 6.45) is 3.76. The predicted octanol–water partition coefficient (Wildman–Crippen LogP) is 1.39. The maximum atomic E-state index is 13.0. The largest absolute Gasteiger partial charge is 0.334 e. The number of carbonyl (C=O) groups excluding carboxylic acids is 1. The number of para-hydroxylation sites is 1. The Kier molecular flexibility index (Phi) is 3.52. The number of nitrogens with zero attached hydrogens (tertiary/aromatic N) is 2. The zero-order valence-electron chi connectivity index (χ0n) is 9.45. The van der Waals surface area contributed by atoms with E-state index in [9.17, 15) is 17.1 Å². The van der Waals surface area contributed by atoms with E-state index in [0.717, 1.165) is 6.07 Å². The highest BCUT2D eigenvalue weighted by molar-refractivity contribution is 7.86. The van der Waals surface area contributed by atoms with Crippen LogP contribution in [0.25, 0.3) is 0 Å². The number of aromatic nitrogens is 2. The molecule has 0 spiro atoms. The first-order chi connectivity index (χ1) is 8.98. The van der Waals surface area contributed by atoms with Gasteiger partial charge in [0.1, 0.15) is 11.2 Å². The molecule has 6 nitrogen and oxygen atoms in total. The normalized spacial score (nSPS) is 11.0. The van der Waals surface area contributed by atoms with Crippen LogP contribution in [-0.4, -0.2) is 24.3 Å². The fraction of sp³-hybridized carbons (Fsp3) is 0. The van der Waals surface area contributed by atoms with E-state index in [1.165, 1.54) is 36.9 Å².